The Hall–Kier alpha value is -2.23. The third kappa shape index (κ3) is 38.1. The van der Waals surface area contributed by atoms with Crippen molar-refractivity contribution in [1.82, 2.24) is 0 Å². The number of ether oxygens (including phenoxy) is 4. The van der Waals surface area contributed by atoms with Crippen LogP contribution in [-0.2, 0) is 33.3 Å². The molecule has 0 aromatic rings. The molecule has 0 amide bonds. The van der Waals surface area contributed by atoms with E-state index in [2.05, 4.69) is 38.2 Å². The SMILES string of the molecule is CCCCCC/C=C\CCCCCCCC(=O)OCC(COC(OCC[N+](C)(C)C)C(=O)O)OC(=O)CCCCCCC/C=C\CCCCCCCCC. The van der Waals surface area contributed by atoms with Crippen molar-refractivity contribution in [3.63, 3.8) is 0 Å². The van der Waals surface area contributed by atoms with E-state index in [1.54, 1.807) is 0 Å². The van der Waals surface area contributed by atoms with Gasteiger partial charge in [0, 0.05) is 12.8 Å². The molecule has 9 nitrogen and oxygen atoms in total. The zero-order chi connectivity index (χ0) is 40.0. The summed E-state index contributed by atoms with van der Waals surface area (Å²) < 4.78 is 22.7. The molecule has 0 bridgehead atoms. The summed E-state index contributed by atoms with van der Waals surface area (Å²) in [6, 6.07) is 0. The number of aliphatic carboxylic acids is 1. The van der Waals surface area contributed by atoms with Crippen LogP contribution in [0, 0.1) is 0 Å². The third-order valence-electron chi connectivity index (χ3n) is 9.43. The van der Waals surface area contributed by atoms with E-state index in [-0.39, 0.29) is 32.2 Å². The number of carboxylic acid groups (broad SMARTS) is 1. The summed E-state index contributed by atoms with van der Waals surface area (Å²) >= 11 is 0. The van der Waals surface area contributed by atoms with Crippen LogP contribution in [0.3, 0.4) is 0 Å². The Morgan fingerprint density at radius 1 is 0.537 bits per heavy atom. The molecule has 0 radical (unpaired) electrons. The minimum Gasteiger partial charge on any atom is -0.477 e. The van der Waals surface area contributed by atoms with Gasteiger partial charge in [0.1, 0.15) is 13.2 Å². The number of carbonyl (C=O) groups is 3. The maximum Gasteiger partial charge on any atom is 0.361 e. The predicted molar refractivity (Wildman–Crippen MR) is 221 cm³/mol. The van der Waals surface area contributed by atoms with E-state index in [0.717, 1.165) is 70.6 Å². The van der Waals surface area contributed by atoms with Gasteiger partial charge in [-0.3, -0.25) is 9.59 Å². The second kappa shape index (κ2) is 37.7. The Bertz CT molecular complexity index is 944. The zero-order valence-corrected chi connectivity index (χ0v) is 35.6. The van der Waals surface area contributed by atoms with Crippen molar-refractivity contribution in [2.24, 2.45) is 0 Å². The van der Waals surface area contributed by atoms with E-state index >= 15 is 0 Å². The maximum atomic E-state index is 12.7. The van der Waals surface area contributed by atoms with Crippen LogP contribution < -0.4 is 0 Å². The average Bonchev–Trinajstić information content (AvgIpc) is 3.12. The van der Waals surface area contributed by atoms with E-state index in [4.69, 9.17) is 18.9 Å². The fraction of sp³-hybridized carbons (Fsp3) is 0.844. The molecule has 0 aromatic heterocycles. The van der Waals surface area contributed by atoms with E-state index in [0.29, 0.717) is 23.9 Å². The molecular formula is C45H84NO8+. The molecule has 0 heterocycles. The van der Waals surface area contributed by atoms with Crippen LogP contribution in [0.5, 0.6) is 0 Å². The van der Waals surface area contributed by atoms with Crippen LogP contribution in [0.2, 0.25) is 0 Å². The van der Waals surface area contributed by atoms with E-state index in [1.165, 1.54) is 83.5 Å². The van der Waals surface area contributed by atoms with Crippen LogP contribution in [0.25, 0.3) is 0 Å². The van der Waals surface area contributed by atoms with Gasteiger partial charge in [0.05, 0.1) is 34.4 Å². The fourth-order valence-electron chi connectivity index (χ4n) is 5.94. The molecule has 9 heteroatoms. The topological polar surface area (TPSA) is 108 Å². The monoisotopic (exact) mass is 767 g/mol. The van der Waals surface area contributed by atoms with Gasteiger partial charge in [0.15, 0.2) is 6.10 Å². The first-order valence-electron chi connectivity index (χ1n) is 22.0. The molecule has 0 aliphatic heterocycles. The van der Waals surface area contributed by atoms with Crippen molar-refractivity contribution in [1.29, 1.82) is 0 Å². The smallest absolute Gasteiger partial charge is 0.361 e. The first-order chi connectivity index (χ1) is 26.1. The second-order valence-corrected chi connectivity index (χ2v) is 16.0. The number of nitrogens with zero attached hydrogens (tertiary/aromatic N) is 1. The predicted octanol–water partition coefficient (Wildman–Crippen LogP) is 11.3. The molecule has 0 rings (SSSR count). The Balaban J connectivity index is 4.48. The molecule has 0 saturated heterocycles. The van der Waals surface area contributed by atoms with Crippen LogP contribution in [0.15, 0.2) is 24.3 Å². The highest BCUT2D eigenvalue weighted by Gasteiger charge is 2.25. The lowest BCUT2D eigenvalue weighted by Crippen LogP contribution is -2.40. The molecule has 0 aliphatic carbocycles. The summed E-state index contributed by atoms with van der Waals surface area (Å²) in [7, 11) is 5.95. The Morgan fingerprint density at radius 2 is 0.944 bits per heavy atom. The molecule has 54 heavy (non-hydrogen) atoms. The molecule has 0 aliphatic rings. The molecule has 0 aromatic carbocycles. The standard InChI is InChI=1S/C45H83NO8/c1-6-8-10-12-14-16-18-20-21-22-24-26-28-30-32-34-36-43(48)54-41(40-53-45(44(49)50)51-38-37-46(3,4)5)39-52-42(47)35-33-31-29-27-25-23-19-17-15-13-11-9-7-2/h17,19,21-22,41,45H,6-16,18,20,23-40H2,1-5H3/p+1/b19-17-,22-21-. The number of carbonyl (C=O) groups excluding carboxylic acids is 2. The summed E-state index contributed by atoms with van der Waals surface area (Å²) in [6.07, 6.45) is 36.6. The first-order valence-corrected chi connectivity index (χ1v) is 22.0. The molecule has 2 unspecified atom stereocenters. The minimum absolute atomic E-state index is 0.186. The first kappa shape index (κ1) is 51.8. The largest absolute Gasteiger partial charge is 0.477 e. The summed E-state index contributed by atoms with van der Waals surface area (Å²) in [6.45, 7) is 4.83. The van der Waals surface area contributed by atoms with Gasteiger partial charge in [-0.2, -0.15) is 0 Å². The number of carboxylic acids is 1. The lowest BCUT2D eigenvalue weighted by atomic mass is 10.1. The van der Waals surface area contributed by atoms with Crippen molar-refractivity contribution in [3.05, 3.63) is 24.3 Å². The Kier molecular flexibility index (Phi) is 36.1. The number of esters is 2. The van der Waals surface area contributed by atoms with Gasteiger partial charge in [-0.05, 0) is 64.2 Å². The van der Waals surface area contributed by atoms with Gasteiger partial charge in [-0.15, -0.1) is 0 Å². The van der Waals surface area contributed by atoms with E-state index in [9.17, 15) is 19.5 Å². The molecular weight excluding hydrogens is 682 g/mol. The number of quaternary nitrogens is 1. The average molecular weight is 767 g/mol. The highest BCUT2D eigenvalue weighted by Crippen LogP contribution is 2.13. The number of allylic oxidation sites excluding steroid dienone is 4. The lowest BCUT2D eigenvalue weighted by Gasteiger charge is -2.25. The summed E-state index contributed by atoms with van der Waals surface area (Å²) in [5.74, 6) is -2.03. The third-order valence-corrected chi connectivity index (χ3v) is 9.43. The summed E-state index contributed by atoms with van der Waals surface area (Å²) in [5, 5.41) is 9.62. The van der Waals surface area contributed by atoms with Gasteiger partial charge in [-0.25, -0.2) is 4.79 Å². The van der Waals surface area contributed by atoms with Crippen molar-refractivity contribution >= 4 is 17.9 Å². The normalized spacial score (nSPS) is 13.1. The quantitative estimate of drug-likeness (QED) is 0.0216. The number of unbranched alkanes of at least 4 members (excludes halogenated alkanes) is 21. The van der Waals surface area contributed by atoms with Crippen LogP contribution in [-0.4, -0.2) is 87.4 Å². The van der Waals surface area contributed by atoms with E-state index in [1.807, 2.05) is 21.1 Å². The summed E-state index contributed by atoms with van der Waals surface area (Å²) in [4.78, 5) is 37.0. The van der Waals surface area contributed by atoms with Crippen LogP contribution in [0.4, 0.5) is 0 Å². The Morgan fingerprint density at radius 3 is 1.39 bits per heavy atom. The van der Waals surface area contributed by atoms with Gasteiger partial charge in [-0.1, -0.05) is 134 Å². The maximum absolute atomic E-state index is 12.7. The number of rotatable bonds is 40. The number of hydrogen-bond donors (Lipinski definition) is 1. The molecule has 0 saturated carbocycles. The van der Waals surface area contributed by atoms with Crippen LogP contribution in [0.1, 0.15) is 187 Å². The highest BCUT2D eigenvalue weighted by molar-refractivity contribution is 5.71. The fourth-order valence-corrected chi connectivity index (χ4v) is 5.94. The van der Waals surface area contributed by atoms with E-state index < -0.39 is 24.3 Å². The van der Waals surface area contributed by atoms with Gasteiger partial charge in [0.2, 0.25) is 0 Å². The molecule has 316 valence electrons. The summed E-state index contributed by atoms with van der Waals surface area (Å²) in [5.41, 5.74) is 0. The highest BCUT2D eigenvalue weighted by atomic mass is 16.7. The molecule has 0 spiro atoms. The zero-order valence-electron chi connectivity index (χ0n) is 35.6. The van der Waals surface area contributed by atoms with Crippen molar-refractivity contribution in [2.75, 3.05) is 47.5 Å². The second-order valence-electron chi connectivity index (χ2n) is 16.0. The molecule has 2 atom stereocenters. The molecule has 0 fully saturated rings. The molecule has 1 N–H and O–H groups in total. The lowest BCUT2D eigenvalue weighted by molar-refractivity contribution is -0.870. The minimum atomic E-state index is -1.51. The number of likely N-dealkylation sites (N-methyl/N-ethyl adjacent to an activating group) is 1. The van der Waals surface area contributed by atoms with Crippen molar-refractivity contribution < 1.29 is 42.9 Å². The van der Waals surface area contributed by atoms with Crippen LogP contribution >= 0.6 is 0 Å². The van der Waals surface area contributed by atoms with Crippen molar-refractivity contribution in [2.45, 2.75) is 200 Å². The van der Waals surface area contributed by atoms with Gasteiger partial charge < -0.3 is 28.5 Å². The van der Waals surface area contributed by atoms with Crippen molar-refractivity contribution in [3.8, 4) is 0 Å². The Labute approximate surface area is 331 Å². The number of hydrogen-bond acceptors (Lipinski definition) is 7. The van der Waals surface area contributed by atoms with Gasteiger partial charge in [0.25, 0.3) is 6.29 Å². The van der Waals surface area contributed by atoms with Gasteiger partial charge >= 0.3 is 17.9 Å².